The van der Waals surface area contributed by atoms with Crippen molar-refractivity contribution < 1.29 is 21.6 Å². The number of benzene rings is 2. The summed E-state index contributed by atoms with van der Waals surface area (Å²) in [7, 11) is -6.90. The van der Waals surface area contributed by atoms with Crippen molar-refractivity contribution in [3.05, 3.63) is 54.2 Å². The smallest absolute Gasteiger partial charge is 0.256 e. The van der Waals surface area contributed by atoms with E-state index in [0.717, 1.165) is 0 Å². The summed E-state index contributed by atoms with van der Waals surface area (Å²) in [5, 5.41) is 8.73. The molecular formula is C19H19N5O5S2. The molecule has 0 atom stereocenters. The summed E-state index contributed by atoms with van der Waals surface area (Å²) in [6.45, 7) is 0.286. The van der Waals surface area contributed by atoms with Crippen molar-refractivity contribution in [1.82, 2.24) is 14.9 Å². The Morgan fingerprint density at radius 3 is 2.39 bits per heavy atom. The molecule has 162 valence electrons. The van der Waals surface area contributed by atoms with Gasteiger partial charge in [-0.1, -0.05) is 12.1 Å². The summed E-state index contributed by atoms with van der Waals surface area (Å²) in [6.07, 6.45) is 1.57. The second kappa shape index (κ2) is 7.87. The van der Waals surface area contributed by atoms with E-state index in [1.807, 2.05) is 0 Å². The third kappa shape index (κ3) is 4.65. The Hall–Kier alpha value is -3.09. The van der Waals surface area contributed by atoms with Gasteiger partial charge in [0.25, 0.3) is 5.91 Å². The van der Waals surface area contributed by atoms with Crippen LogP contribution in [0.4, 0.5) is 11.6 Å². The molecule has 1 aliphatic rings. The maximum absolute atomic E-state index is 13.0. The number of aromatic nitrogens is 2. The van der Waals surface area contributed by atoms with E-state index in [1.165, 1.54) is 29.2 Å². The molecule has 0 spiro atoms. The number of carbonyl (C=O) groups excluding carboxylic acids is 1. The zero-order chi connectivity index (χ0) is 22.2. The van der Waals surface area contributed by atoms with Crippen LogP contribution in [0.2, 0.25) is 0 Å². The number of para-hydroxylation sites is 1. The number of nitrogens with one attached hydrogen (secondary N) is 1. The van der Waals surface area contributed by atoms with Crippen LogP contribution >= 0.6 is 0 Å². The largest absolute Gasteiger partial charge is 0.337 e. The van der Waals surface area contributed by atoms with Crippen molar-refractivity contribution in [2.45, 2.75) is 4.90 Å². The third-order valence-corrected chi connectivity index (χ3v) is 7.45. The van der Waals surface area contributed by atoms with E-state index in [1.54, 1.807) is 24.4 Å². The van der Waals surface area contributed by atoms with Crippen LogP contribution in [0, 0.1) is 0 Å². The molecule has 1 fully saturated rings. The molecule has 1 amide bonds. The summed E-state index contributed by atoms with van der Waals surface area (Å²) < 4.78 is 46.1. The van der Waals surface area contributed by atoms with Crippen molar-refractivity contribution in [1.29, 1.82) is 0 Å². The SMILES string of the molecule is NS(=O)(=O)c1ccc(Nc2ncc3cccc(C(=O)N4CCS(=O)(=O)CC4)c3n2)cc1. The van der Waals surface area contributed by atoms with E-state index in [9.17, 15) is 21.6 Å². The first-order valence-corrected chi connectivity index (χ1v) is 12.6. The first-order valence-electron chi connectivity index (χ1n) is 9.28. The van der Waals surface area contributed by atoms with Gasteiger partial charge >= 0.3 is 0 Å². The Balaban J connectivity index is 1.62. The molecule has 0 radical (unpaired) electrons. The van der Waals surface area contributed by atoms with E-state index in [4.69, 9.17) is 5.14 Å². The molecule has 0 saturated carbocycles. The number of nitrogens with zero attached hydrogens (tertiary/aromatic N) is 3. The van der Waals surface area contributed by atoms with Crippen LogP contribution in [0.15, 0.2) is 53.6 Å². The maximum atomic E-state index is 13.0. The molecule has 0 bridgehead atoms. The molecule has 1 aliphatic heterocycles. The van der Waals surface area contributed by atoms with Crippen LogP contribution in [-0.2, 0) is 19.9 Å². The molecule has 3 N–H and O–H groups in total. The Kier molecular flexibility index (Phi) is 5.37. The van der Waals surface area contributed by atoms with Gasteiger partial charge < -0.3 is 10.2 Å². The number of amides is 1. The van der Waals surface area contributed by atoms with Gasteiger partial charge in [0.15, 0.2) is 9.84 Å². The fourth-order valence-corrected chi connectivity index (χ4v) is 4.95. The minimum atomic E-state index is -3.79. The molecule has 0 unspecified atom stereocenters. The number of carbonyl (C=O) groups is 1. The minimum Gasteiger partial charge on any atom is -0.337 e. The van der Waals surface area contributed by atoms with Gasteiger partial charge in [-0.2, -0.15) is 0 Å². The molecular weight excluding hydrogens is 442 g/mol. The minimum absolute atomic E-state index is 0.0195. The van der Waals surface area contributed by atoms with Crippen LogP contribution < -0.4 is 10.5 Å². The average molecular weight is 462 g/mol. The van der Waals surface area contributed by atoms with Gasteiger partial charge in [-0.05, 0) is 30.3 Å². The third-order valence-electron chi connectivity index (χ3n) is 4.91. The molecule has 0 aliphatic carbocycles. The van der Waals surface area contributed by atoms with Gasteiger partial charge in [0.05, 0.1) is 27.5 Å². The van der Waals surface area contributed by atoms with Crippen molar-refractivity contribution in [3.8, 4) is 0 Å². The predicted molar refractivity (Wildman–Crippen MR) is 115 cm³/mol. The number of hydrogen-bond donors (Lipinski definition) is 2. The molecule has 12 heteroatoms. The lowest BCUT2D eigenvalue weighted by atomic mass is 10.1. The molecule has 10 nitrogen and oxygen atoms in total. The molecule has 4 rings (SSSR count). The highest BCUT2D eigenvalue weighted by Gasteiger charge is 2.27. The summed E-state index contributed by atoms with van der Waals surface area (Å²) in [6, 6.07) is 10.9. The summed E-state index contributed by atoms with van der Waals surface area (Å²) in [5.74, 6) is -0.181. The van der Waals surface area contributed by atoms with E-state index < -0.39 is 19.9 Å². The zero-order valence-corrected chi connectivity index (χ0v) is 17.9. The monoisotopic (exact) mass is 461 g/mol. The highest BCUT2D eigenvalue weighted by atomic mass is 32.2. The maximum Gasteiger partial charge on any atom is 0.256 e. The van der Waals surface area contributed by atoms with Crippen molar-refractivity contribution in [3.63, 3.8) is 0 Å². The van der Waals surface area contributed by atoms with E-state index >= 15 is 0 Å². The number of hydrogen-bond acceptors (Lipinski definition) is 8. The number of nitrogens with two attached hydrogens (primary N) is 1. The Bertz CT molecular complexity index is 1360. The quantitative estimate of drug-likeness (QED) is 0.581. The predicted octanol–water partition coefficient (Wildman–Crippen LogP) is 0.891. The van der Waals surface area contributed by atoms with E-state index in [0.29, 0.717) is 22.2 Å². The van der Waals surface area contributed by atoms with Gasteiger partial charge in [-0.3, -0.25) is 4.79 Å². The van der Waals surface area contributed by atoms with E-state index in [2.05, 4.69) is 15.3 Å². The summed E-state index contributed by atoms with van der Waals surface area (Å²) in [5.41, 5.74) is 1.32. The highest BCUT2D eigenvalue weighted by molar-refractivity contribution is 7.91. The van der Waals surface area contributed by atoms with Gasteiger partial charge in [0.2, 0.25) is 16.0 Å². The standard InChI is InChI=1S/C19H19N5O5S2/c20-31(28,29)15-6-4-14(5-7-15)22-19-21-12-13-2-1-3-16(17(13)23-19)18(25)24-8-10-30(26,27)11-9-24/h1-7,12H,8-11H2,(H2,20,28,29)(H,21,22,23). The number of rotatable bonds is 4. The van der Waals surface area contributed by atoms with Crippen molar-refractivity contribution in [2.24, 2.45) is 5.14 Å². The molecule has 3 aromatic rings. The lowest BCUT2D eigenvalue weighted by Crippen LogP contribution is -2.43. The normalized spacial score (nSPS) is 16.2. The molecule has 31 heavy (non-hydrogen) atoms. The lowest BCUT2D eigenvalue weighted by molar-refractivity contribution is 0.0772. The van der Waals surface area contributed by atoms with Gasteiger partial charge in [0.1, 0.15) is 0 Å². The molecule has 1 saturated heterocycles. The van der Waals surface area contributed by atoms with Gasteiger partial charge in [0, 0.05) is 30.4 Å². The van der Waals surface area contributed by atoms with E-state index in [-0.39, 0.29) is 41.3 Å². The Morgan fingerprint density at radius 1 is 1.06 bits per heavy atom. The second-order valence-corrected chi connectivity index (χ2v) is 10.9. The van der Waals surface area contributed by atoms with Gasteiger partial charge in [-0.25, -0.2) is 31.9 Å². The number of sulfone groups is 1. The second-order valence-electron chi connectivity index (χ2n) is 7.08. The Morgan fingerprint density at radius 2 is 1.74 bits per heavy atom. The first kappa shape index (κ1) is 21.2. The number of primary sulfonamides is 1. The number of fused-ring (bicyclic) bond motifs is 1. The van der Waals surface area contributed by atoms with Crippen LogP contribution in [0.1, 0.15) is 10.4 Å². The number of anilines is 2. The number of sulfonamides is 1. The highest BCUT2D eigenvalue weighted by Crippen LogP contribution is 2.22. The van der Waals surface area contributed by atoms with Crippen LogP contribution in [0.25, 0.3) is 10.9 Å². The fourth-order valence-electron chi connectivity index (χ4n) is 3.23. The summed E-state index contributed by atoms with van der Waals surface area (Å²) in [4.78, 5) is 23.2. The Labute approximate surface area is 179 Å². The van der Waals surface area contributed by atoms with Crippen molar-refractivity contribution >= 4 is 48.3 Å². The topological polar surface area (TPSA) is 152 Å². The molecule has 1 aromatic heterocycles. The zero-order valence-electron chi connectivity index (χ0n) is 16.2. The lowest BCUT2D eigenvalue weighted by Gasteiger charge is -2.27. The average Bonchev–Trinajstić information content (AvgIpc) is 2.72. The summed E-state index contributed by atoms with van der Waals surface area (Å²) >= 11 is 0. The fraction of sp³-hybridized carbons (Fsp3) is 0.211. The first-order chi connectivity index (χ1) is 14.6. The molecule has 2 heterocycles. The van der Waals surface area contributed by atoms with Gasteiger partial charge in [-0.15, -0.1) is 0 Å². The van der Waals surface area contributed by atoms with Crippen LogP contribution in [-0.4, -0.2) is 62.2 Å². The van der Waals surface area contributed by atoms with Crippen LogP contribution in [0.5, 0.6) is 0 Å². The van der Waals surface area contributed by atoms with Crippen LogP contribution in [0.3, 0.4) is 0 Å². The molecule has 2 aromatic carbocycles. The van der Waals surface area contributed by atoms with Crippen molar-refractivity contribution in [2.75, 3.05) is 29.9 Å².